The highest BCUT2D eigenvalue weighted by molar-refractivity contribution is 5.20. The fourth-order valence-electron chi connectivity index (χ4n) is 1.96. The third kappa shape index (κ3) is 3.82. The zero-order valence-electron chi connectivity index (χ0n) is 10.4. The van der Waals surface area contributed by atoms with Gasteiger partial charge in [-0.15, -0.1) is 6.58 Å². The Morgan fingerprint density at radius 3 is 2.56 bits per heavy atom. The largest absolute Gasteiger partial charge is 0.313 e. The molecule has 0 fully saturated rings. The number of hydrogen-bond donors (Lipinski definition) is 1. The Labute approximate surface area is 99.6 Å². The van der Waals surface area contributed by atoms with Crippen molar-refractivity contribution in [3.8, 4) is 0 Å². The normalized spacial score (nSPS) is 14.4. The zero-order chi connectivity index (χ0) is 11.8. The summed E-state index contributed by atoms with van der Waals surface area (Å²) in [6, 6.07) is 11.2. The lowest BCUT2D eigenvalue weighted by molar-refractivity contribution is 0.453. The highest BCUT2D eigenvalue weighted by Crippen LogP contribution is 2.21. The molecule has 1 aromatic rings. The fourth-order valence-corrected chi connectivity index (χ4v) is 1.96. The van der Waals surface area contributed by atoms with Crippen molar-refractivity contribution in [3.05, 3.63) is 48.6 Å². The molecule has 0 saturated carbocycles. The molecule has 1 rings (SSSR count). The van der Waals surface area contributed by atoms with E-state index in [0.717, 1.165) is 13.0 Å². The Morgan fingerprint density at radius 2 is 2.00 bits per heavy atom. The molecule has 0 aliphatic rings. The summed E-state index contributed by atoms with van der Waals surface area (Å²) in [4.78, 5) is 0. The van der Waals surface area contributed by atoms with Gasteiger partial charge < -0.3 is 5.32 Å². The molecule has 0 aromatic heterocycles. The lowest BCUT2D eigenvalue weighted by atomic mass is 9.91. The number of benzene rings is 1. The van der Waals surface area contributed by atoms with E-state index in [9.17, 15) is 0 Å². The van der Waals surface area contributed by atoms with E-state index in [1.165, 1.54) is 12.0 Å². The van der Waals surface area contributed by atoms with Crippen LogP contribution < -0.4 is 5.32 Å². The Hall–Kier alpha value is -1.08. The van der Waals surface area contributed by atoms with Crippen LogP contribution in [-0.4, -0.2) is 12.6 Å². The minimum Gasteiger partial charge on any atom is -0.313 e. The van der Waals surface area contributed by atoms with Gasteiger partial charge in [-0.2, -0.15) is 0 Å². The maximum atomic E-state index is 3.84. The predicted octanol–water partition coefficient (Wildman–Crippen LogP) is 3.73. The van der Waals surface area contributed by atoms with Crippen LogP contribution in [0.25, 0.3) is 0 Å². The van der Waals surface area contributed by atoms with Gasteiger partial charge in [0.25, 0.3) is 0 Å². The summed E-state index contributed by atoms with van der Waals surface area (Å²) >= 11 is 0. The standard InChI is InChI=1S/C15H23N/c1-4-9-15(16-12-5-2)13(3)14-10-7-6-8-11-14/h4,6-8,10-11,13,15-16H,1,5,9,12H2,2-3H3. The van der Waals surface area contributed by atoms with E-state index >= 15 is 0 Å². The first-order valence-corrected chi connectivity index (χ1v) is 6.18. The monoisotopic (exact) mass is 217 g/mol. The van der Waals surface area contributed by atoms with Crippen LogP contribution in [0, 0.1) is 0 Å². The van der Waals surface area contributed by atoms with E-state index in [2.05, 4.69) is 56.1 Å². The third-order valence-corrected chi connectivity index (χ3v) is 3.01. The van der Waals surface area contributed by atoms with Crippen molar-refractivity contribution >= 4 is 0 Å². The topological polar surface area (TPSA) is 12.0 Å². The second-order valence-electron chi connectivity index (χ2n) is 4.28. The lowest BCUT2D eigenvalue weighted by Gasteiger charge is -2.24. The molecule has 1 heteroatoms. The van der Waals surface area contributed by atoms with Crippen LogP contribution in [-0.2, 0) is 0 Å². The fraction of sp³-hybridized carbons (Fsp3) is 0.467. The van der Waals surface area contributed by atoms with E-state index in [-0.39, 0.29) is 0 Å². The van der Waals surface area contributed by atoms with Gasteiger partial charge in [0.15, 0.2) is 0 Å². The maximum Gasteiger partial charge on any atom is 0.0167 e. The van der Waals surface area contributed by atoms with E-state index in [0.29, 0.717) is 12.0 Å². The van der Waals surface area contributed by atoms with Crippen molar-refractivity contribution in [2.24, 2.45) is 0 Å². The Morgan fingerprint density at radius 1 is 1.31 bits per heavy atom. The molecule has 88 valence electrons. The molecule has 16 heavy (non-hydrogen) atoms. The summed E-state index contributed by atoms with van der Waals surface area (Å²) in [5, 5.41) is 3.60. The van der Waals surface area contributed by atoms with Gasteiger partial charge in [-0.1, -0.05) is 50.3 Å². The van der Waals surface area contributed by atoms with Crippen LogP contribution in [0.3, 0.4) is 0 Å². The first-order valence-electron chi connectivity index (χ1n) is 6.18. The second kappa shape index (κ2) is 7.24. The summed E-state index contributed by atoms with van der Waals surface area (Å²) < 4.78 is 0. The van der Waals surface area contributed by atoms with Crippen LogP contribution >= 0.6 is 0 Å². The van der Waals surface area contributed by atoms with Gasteiger partial charge in [0.05, 0.1) is 0 Å². The third-order valence-electron chi connectivity index (χ3n) is 3.01. The minimum atomic E-state index is 0.500. The summed E-state index contributed by atoms with van der Waals surface area (Å²) in [7, 11) is 0. The molecule has 2 unspecified atom stereocenters. The van der Waals surface area contributed by atoms with Crippen molar-refractivity contribution < 1.29 is 0 Å². The smallest absolute Gasteiger partial charge is 0.0167 e. The molecule has 0 bridgehead atoms. The molecular weight excluding hydrogens is 194 g/mol. The van der Waals surface area contributed by atoms with Crippen LogP contribution in [0.4, 0.5) is 0 Å². The molecule has 0 aliphatic carbocycles. The van der Waals surface area contributed by atoms with Gasteiger partial charge in [0.1, 0.15) is 0 Å². The number of hydrogen-bond acceptors (Lipinski definition) is 1. The van der Waals surface area contributed by atoms with Crippen molar-refractivity contribution in [3.63, 3.8) is 0 Å². The van der Waals surface area contributed by atoms with Gasteiger partial charge in [-0.25, -0.2) is 0 Å². The number of rotatable bonds is 7. The summed E-state index contributed by atoms with van der Waals surface area (Å²) in [5.74, 6) is 0.533. The summed E-state index contributed by atoms with van der Waals surface area (Å²) in [6.45, 7) is 9.41. The number of nitrogens with one attached hydrogen (secondary N) is 1. The van der Waals surface area contributed by atoms with Crippen molar-refractivity contribution in [2.75, 3.05) is 6.54 Å². The molecular formula is C15H23N. The Kier molecular flexibility index (Phi) is 5.87. The lowest BCUT2D eigenvalue weighted by Crippen LogP contribution is -2.33. The first-order chi connectivity index (χ1) is 7.79. The molecule has 0 aliphatic heterocycles. The van der Waals surface area contributed by atoms with Crippen LogP contribution in [0.2, 0.25) is 0 Å². The molecule has 1 nitrogen and oxygen atoms in total. The summed E-state index contributed by atoms with van der Waals surface area (Å²) in [5.41, 5.74) is 1.40. The van der Waals surface area contributed by atoms with Crippen LogP contribution in [0.15, 0.2) is 43.0 Å². The van der Waals surface area contributed by atoms with Gasteiger partial charge in [-0.05, 0) is 30.9 Å². The highest BCUT2D eigenvalue weighted by Gasteiger charge is 2.16. The average Bonchev–Trinajstić information content (AvgIpc) is 2.35. The molecule has 0 heterocycles. The van der Waals surface area contributed by atoms with Gasteiger partial charge in [0, 0.05) is 6.04 Å². The van der Waals surface area contributed by atoms with Gasteiger partial charge >= 0.3 is 0 Å². The molecule has 0 spiro atoms. The molecule has 0 amide bonds. The second-order valence-corrected chi connectivity index (χ2v) is 4.28. The molecule has 0 saturated heterocycles. The molecule has 2 atom stereocenters. The SMILES string of the molecule is C=CCC(NCCC)C(C)c1ccccc1. The minimum absolute atomic E-state index is 0.500. The van der Waals surface area contributed by atoms with Crippen molar-refractivity contribution in [1.29, 1.82) is 0 Å². The van der Waals surface area contributed by atoms with Gasteiger partial charge in [-0.3, -0.25) is 0 Å². The van der Waals surface area contributed by atoms with Gasteiger partial charge in [0.2, 0.25) is 0 Å². The summed E-state index contributed by atoms with van der Waals surface area (Å²) in [6.07, 6.45) is 4.21. The van der Waals surface area contributed by atoms with Crippen LogP contribution in [0.5, 0.6) is 0 Å². The quantitative estimate of drug-likeness (QED) is 0.686. The Balaban J connectivity index is 2.66. The van der Waals surface area contributed by atoms with Crippen molar-refractivity contribution in [1.82, 2.24) is 5.32 Å². The molecule has 0 radical (unpaired) electrons. The predicted molar refractivity (Wildman–Crippen MR) is 71.8 cm³/mol. The van der Waals surface area contributed by atoms with E-state index in [1.54, 1.807) is 0 Å². The maximum absolute atomic E-state index is 3.84. The Bertz CT molecular complexity index is 292. The van der Waals surface area contributed by atoms with Crippen LogP contribution in [0.1, 0.15) is 38.2 Å². The first kappa shape index (κ1) is 13.0. The highest BCUT2D eigenvalue weighted by atomic mass is 14.9. The van der Waals surface area contributed by atoms with Crippen molar-refractivity contribution in [2.45, 2.75) is 38.6 Å². The molecule has 1 N–H and O–H groups in total. The zero-order valence-corrected chi connectivity index (χ0v) is 10.4. The van der Waals surface area contributed by atoms with E-state index < -0.39 is 0 Å². The van der Waals surface area contributed by atoms with E-state index in [1.807, 2.05) is 6.08 Å². The van der Waals surface area contributed by atoms with E-state index in [4.69, 9.17) is 0 Å². The molecule has 1 aromatic carbocycles. The average molecular weight is 217 g/mol.